The van der Waals surface area contributed by atoms with Gasteiger partial charge >= 0.3 is 8.53 Å². The van der Waals surface area contributed by atoms with Crippen LogP contribution in [0.15, 0.2) is 30.6 Å². The number of nitrogens with zero attached hydrogens (tertiary/aromatic N) is 4. The summed E-state index contributed by atoms with van der Waals surface area (Å²) in [5, 5.41) is 2.90. The van der Waals surface area contributed by atoms with Crippen LogP contribution in [0.4, 0.5) is 10.3 Å². The Bertz CT molecular complexity index is 1260. The smallest absolute Gasteiger partial charge is 0.318 e. The number of methoxy groups -OCH3 is 1. The number of halogens is 1. The number of aldehydes is 1. The zero-order chi connectivity index (χ0) is 29.9. The summed E-state index contributed by atoms with van der Waals surface area (Å²) in [5.74, 6) is 0.610. The first-order valence-corrected chi connectivity index (χ1v) is 15.4. The molecule has 3 aromatic rings. The Kier molecular flexibility index (Phi) is 12.2. The molecule has 4 unspecified atom stereocenters. The Balaban J connectivity index is 0.000000437. The second kappa shape index (κ2) is 16.0. The number of nitrogens with one attached hydrogen (secondary N) is 1. The topological polar surface area (TPSA) is 145 Å². The number of nitrogens with two attached hydrogens (primary N) is 1. The van der Waals surface area contributed by atoms with E-state index in [0.29, 0.717) is 41.8 Å². The standard InChI is InChI=1S/C21H26FN6O5P.C7H14O/c1-3-30-19-17-18(26-21(23)27-19)28(12-24-17)20-13(2)10-16(32-20)11-31-34(25-8-9-29)33-15-6-4-14(22)5-7-15;1-8-7-5-3-2-4-6-7/h4-7,9,12-13,16,20,25H,3,8,10-11H2,1-2H3,(H2,23,26,27);7H,2-6H2,1H3. The number of hydrogen-bond acceptors (Lipinski definition) is 11. The minimum Gasteiger partial charge on any atom is -0.476 e. The number of anilines is 1. The lowest BCUT2D eigenvalue weighted by atomic mass is 9.98. The van der Waals surface area contributed by atoms with Crippen molar-refractivity contribution in [2.75, 3.05) is 32.6 Å². The Morgan fingerprint density at radius 1 is 1.21 bits per heavy atom. The lowest BCUT2D eigenvalue weighted by molar-refractivity contribution is -0.106. The van der Waals surface area contributed by atoms with Crippen molar-refractivity contribution in [3.05, 3.63) is 36.4 Å². The fourth-order valence-corrected chi connectivity index (χ4v) is 6.00. The molecule has 2 aromatic heterocycles. The summed E-state index contributed by atoms with van der Waals surface area (Å²) in [6.45, 7) is 4.63. The van der Waals surface area contributed by atoms with Gasteiger partial charge in [-0.2, -0.15) is 9.97 Å². The summed E-state index contributed by atoms with van der Waals surface area (Å²) in [4.78, 5) is 23.7. The molecule has 1 aromatic carbocycles. The van der Waals surface area contributed by atoms with Gasteiger partial charge in [-0.3, -0.25) is 4.57 Å². The van der Waals surface area contributed by atoms with Crippen LogP contribution in [-0.2, 0) is 18.8 Å². The number of imidazole rings is 1. The van der Waals surface area contributed by atoms with Crippen LogP contribution >= 0.6 is 8.53 Å². The molecule has 0 spiro atoms. The van der Waals surface area contributed by atoms with Crippen molar-refractivity contribution >= 4 is 31.9 Å². The van der Waals surface area contributed by atoms with E-state index in [1.54, 1.807) is 6.33 Å². The molecule has 42 heavy (non-hydrogen) atoms. The number of carbonyl (C=O) groups is 1. The van der Waals surface area contributed by atoms with Crippen molar-refractivity contribution < 1.29 is 32.4 Å². The van der Waals surface area contributed by atoms with Gasteiger partial charge in [0.05, 0.1) is 38.3 Å². The summed E-state index contributed by atoms with van der Waals surface area (Å²) in [6.07, 6.45) is 9.83. The normalized spacial score (nSPS) is 21.5. The van der Waals surface area contributed by atoms with Crippen LogP contribution in [0, 0.1) is 11.7 Å². The molecule has 3 heterocycles. The summed E-state index contributed by atoms with van der Waals surface area (Å²) < 4.78 is 43.6. The van der Waals surface area contributed by atoms with Gasteiger partial charge in [0.25, 0.3) is 0 Å². The van der Waals surface area contributed by atoms with Gasteiger partial charge < -0.3 is 33.8 Å². The van der Waals surface area contributed by atoms with E-state index in [2.05, 4.69) is 27.0 Å². The molecule has 2 aliphatic rings. The highest BCUT2D eigenvalue weighted by Gasteiger charge is 2.36. The lowest BCUT2D eigenvalue weighted by Gasteiger charge is -2.20. The monoisotopic (exact) mass is 606 g/mol. The van der Waals surface area contributed by atoms with E-state index in [0.717, 1.165) is 6.42 Å². The maximum Gasteiger partial charge on any atom is 0.318 e. The number of fused-ring (bicyclic) bond motifs is 1. The third-order valence-electron chi connectivity index (χ3n) is 6.98. The molecule has 5 rings (SSSR count). The number of aromatic nitrogens is 4. The number of hydrogen-bond donors (Lipinski definition) is 2. The molecule has 3 N–H and O–H groups in total. The molecule has 12 nitrogen and oxygen atoms in total. The number of ether oxygens (including phenoxy) is 3. The summed E-state index contributed by atoms with van der Waals surface area (Å²) in [5.41, 5.74) is 6.91. The van der Waals surface area contributed by atoms with E-state index in [9.17, 15) is 9.18 Å². The van der Waals surface area contributed by atoms with Crippen molar-refractivity contribution in [2.24, 2.45) is 5.92 Å². The van der Waals surface area contributed by atoms with Gasteiger partial charge in [-0.05, 0) is 50.5 Å². The third-order valence-corrected chi connectivity index (χ3v) is 8.19. The minimum atomic E-state index is -1.64. The zero-order valence-corrected chi connectivity index (χ0v) is 25.2. The molecule has 0 radical (unpaired) electrons. The largest absolute Gasteiger partial charge is 0.476 e. The molecule has 0 amide bonds. The molecule has 4 atom stereocenters. The maximum atomic E-state index is 13.2. The van der Waals surface area contributed by atoms with Gasteiger partial charge in [0.1, 0.15) is 24.1 Å². The first-order chi connectivity index (χ1) is 20.4. The molecule has 0 bridgehead atoms. The average Bonchev–Trinajstić information content (AvgIpc) is 3.59. The number of rotatable bonds is 12. The maximum absolute atomic E-state index is 13.2. The molecule has 1 saturated heterocycles. The van der Waals surface area contributed by atoms with E-state index >= 15 is 0 Å². The minimum absolute atomic E-state index is 0.0573. The summed E-state index contributed by atoms with van der Waals surface area (Å²) in [6, 6.07) is 5.57. The van der Waals surface area contributed by atoms with Crippen LogP contribution < -0.4 is 20.1 Å². The van der Waals surface area contributed by atoms with Crippen LogP contribution in [0.5, 0.6) is 11.6 Å². The van der Waals surface area contributed by atoms with Crippen molar-refractivity contribution in [1.29, 1.82) is 0 Å². The van der Waals surface area contributed by atoms with Gasteiger partial charge in [0.15, 0.2) is 11.2 Å². The van der Waals surface area contributed by atoms with Gasteiger partial charge in [0, 0.05) is 13.0 Å². The third kappa shape index (κ3) is 8.78. The summed E-state index contributed by atoms with van der Waals surface area (Å²) >= 11 is 0. The molecule has 1 saturated carbocycles. The van der Waals surface area contributed by atoms with Gasteiger partial charge in [-0.15, -0.1) is 0 Å². The van der Waals surface area contributed by atoms with Crippen LogP contribution in [-0.4, -0.2) is 64.9 Å². The average molecular weight is 607 g/mol. The van der Waals surface area contributed by atoms with Crippen LogP contribution in [0.25, 0.3) is 11.2 Å². The Labute approximate surface area is 246 Å². The first-order valence-electron chi connectivity index (χ1n) is 14.3. The van der Waals surface area contributed by atoms with Crippen LogP contribution in [0.1, 0.15) is 58.6 Å². The van der Waals surface area contributed by atoms with E-state index < -0.39 is 8.53 Å². The van der Waals surface area contributed by atoms with Crippen molar-refractivity contribution in [3.8, 4) is 11.6 Å². The van der Waals surface area contributed by atoms with Crippen LogP contribution in [0.3, 0.4) is 0 Å². The number of nitrogen functional groups attached to an aromatic ring is 1. The van der Waals surface area contributed by atoms with Crippen molar-refractivity contribution in [1.82, 2.24) is 24.6 Å². The van der Waals surface area contributed by atoms with E-state index in [4.69, 9.17) is 29.0 Å². The number of carbonyl (C=O) groups excluding carboxylic acids is 1. The SMILES string of the molecule is CCOc1nc(N)nc2c1ncn2C1OC(COP(NCC=O)Oc2ccc(F)cc2)CC1C.COC1CCCCC1. The number of benzene rings is 1. The fraction of sp³-hybridized carbons (Fsp3) is 0.571. The Morgan fingerprint density at radius 3 is 2.64 bits per heavy atom. The molecule has 1 aliphatic carbocycles. The molecular weight excluding hydrogens is 566 g/mol. The second-order valence-electron chi connectivity index (χ2n) is 10.1. The quantitative estimate of drug-likeness (QED) is 0.213. The van der Waals surface area contributed by atoms with E-state index in [1.165, 1.54) is 56.4 Å². The van der Waals surface area contributed by atoms with E-state index in [1.807, 2.05) is 18.6 Å². The molecular formula is C28H40FN6O6P. The Hall–Kier alpha value is -2.96. The lowest BCUT2D eigenvalue weighted by Crippen LogP contribution is -2.20. The molecule has 2 fully saturated rings. The van der Waals surface area contributed by atoms with Crippen LogP contribution in [0.2, 0.25) is 0 Å². The van der Waals surface area contributed by atoms with Crippen molar-refractivity contribution in [3.63, 3.8) is 0 Å². The van der Waals surface area contributed by atoms with Gasteiger partial charge in [-0.1, -0.05) is 26.2 Å². The predicted molar refractivity (Wildman–Crippen MR) is 156 cm³/mol. The highest BCUT2D eigenvalue weighted by atomic mass is 31.2. The molecule has 1 aliphatic heterocycles. The van der Waals surface area contributed by atoms with Crippen molar-refractivity contribution in [2.45, 2.75) is 70.8 Å². The molecule has 230 valence electrons. The van der Waals surface area contributed by atoms with Gasteiger partial charge in [-0.25, -0.2) is 14.5 Å². The predicted octanol–water partition coefficient (Wildman–Crippen LogP) is 4.95. The molecule has 14 heteroatoms. The second-order valence-corrected chi connectivity index (χ2v) is 11.4. The summed E-state index contributed by atoms with van der Waals surface area (Å²) in [7, 11) is 0.176. The first kappa shape index (κ1) is 32.0. The zero-order valence-electron chi connectivity index (χ0n) is 24.3. The highest BCUT2D eigenvalue weighted by Crippen LogP contribution is 2.40. The van der Waals surface area contributed by atoms with Gasteiger partial charge in [0.2, 0.25) is 11.8 Å². The Morgan fingerprint density at radius 2 is 1.98 bits per heavy atom. The van der Waals surface area contributed by atoms with E-state index in [-0.39, 0.29) is 43.2 Å². The fourth-order valence-electron chi connectivity index (χ4n) is 4.95. The highest BCUT2D eigenvalue weighted by molar-refractivity contribution is 7.45.